The highest BCUT2D eigenvalue weighted by atomic mass is 16.5. The van der Waals surface area contributed by atoms with Crippen molar-refractivity contribution in [3.63, 3.8) is 0 Å². The molecule has 0 radical (unpaired) electrons. The SMILES string of the molecule is COc1ccc(C(C)(C)c2ccc(Oc3ccc(C(C)(c4ccc(OC)cc4)c4ccc(OC)cc4)cc3)cc2)cc1. The summed E-state index contributed by atoms with van der Waals surface area (Å²) >= 11 is 0. The Balaban J connectivity index is 1.39. The van der Waals surface area contributed by atoms with Crippen LogP contribution in [0.1, 0.15) is 48.6 Å². The molecule has 5 aromatic rings. The molecule has 0 N–H and O–H groups in total. The quantitative estimate of drug-likeness (QED) is 0.160. The minimum Gasteiger partial charge on any atom is -0.497 e. The Bertz CT molecular complexity index is 1540. The molecule has 0 fully saturated rings. The fourth-order valence-electron chi connectivity index (χ4n) is 5.46. The minimum atomic E-state index is -0.397. The first-order chi connectivity index (χ1) is 20.3. The van der Waals surface area contributed by atoms with Crippen LogP contribution in [-0.2, 0) is 10.8 Å². The third-order valence-corrected chi connectivity index (χ3v) is 8.39. The molecule has 0 spiro atoms. The lowest BCUT2D eigenvalue weighted by atomic mass is 9.71. The molecule has 214 valence electrons. The first kappa shape index (κ1) is 28.8. The van der Waals surface area contributed by atoms with Crippen molar-refractivity contribution in [3.8, 4) is 28.7 Å². The fourth-order valence-corrected chi connectivity index (χ4v) is 5.46. The molecule has 4 heteroatoms. The Morgan fingerprint density at radius 2 is 0.571 bits per heavy atom. The fraction of sp³-hybridized carbons (Fsp3) is 0.211. The summed E-state index contributed by atoms with van der Waals surface area (Å²) in [6, 6.07) is 41.5. The zero-order valence-corrected chi connectivity index (χ0v) is 25.2. The van der Waals surface area contributed by atoms with Gasteiger partial charge in [0.2, 0.25) is 0 Å². The minimum absolute atomic E-state index is 0.153. The number of hydrogen-bond donors (Lipinski definition) is 0. The predicted octanol–water partition coefficient (Wildman–Crippen LogP) is 9.18. The van der Waals surface area contributed by atoms with E-state index in [-0.39, 0.29) is 5.41 Å². The average Bonchev–Trinajstić information content (AvgIpc) is 3.05. The highest BCUT2D eigenvalue weighted by molar-refractivity contribution is 5.52. The largest absolute Gasteiger partial charge is 0.497 e. The molecule has 0 heterocycles. The van der Waals surface area contributed by atoms with Crippen LogP contribution in [0.4, 0.5) is 0 Å². The lowest BCUT2D eigenvalue weighted by Gasteiger charge is -2.32. The van der Waals surface area contributed by atoms with Crippen molar-refractivity contribution in [2.24, 2.45) is 0 Å². The van der Waals surface area contributed by atoms with Crippen LogP contribution in [0.15, 0.2) is 121 Å². The summed E-state index contributed by atoms with van der Waals surface area (Å²) in [6.07, 6.45) is 0. The second-order valence-electron chi connectivity index (χ2n) is 11.1. The molecule has 0 atom stereocenters. The number of hydrogen-bond acceptors (Lipinski definition) is 4. The van der Waals surface area contributed by atoms with E-state index in [1.807, 2.05) is 60.7 Å². The maximum absolute atomic E-state index is 6.27. The second kappa shape index (κ2) is 12.0. The Labute approximate surface area is 249 Å². The summed E-state index contributed by atoms with van der Waals surface area (Å²) in [5.74, 6) is 4.10. The van der Waals surface area contributed by atoms with Gasteiger partial charge in [0.05, 0.1) is 21.3 Å². The molecule has 5 aromatic carbocycles. The highest BCUT2D eigenvalue weighted by Gasteiger charge is 2.31. The van der Waals surface area contributed by atoms with Gasteiger partial charge in [-0.15, -0.1) is 0 Å². The molecule has 4 nitrogen and oxygen atoms in total. The van der Waals surface area contributed by atoms with E-state index in [0.29, 0.717) is 0 Å². The van der Waals surface area contributed by atoms with Crippen molar-refractivity contribution >= 4 is 0 Å². The van der Waals surface area contributed by atoms with Crippen molar-refractivity contribution in [2.45, 2.75) is 31.6 Å². The van der Waals surface area contributed by atoms with Gasteiger partial charge in [-0.2, -0.15) is 0 Å². The highest BCUT2D eigenvalue weighted by Crippen LogP contribution is 2.41. The van der Waals surface area contributed by atoms with Gasteiger partial charge in [-0.3, -0.25) is 0 Å². The van der Waals surface area contributed by atoms with Gasteiger partial charge in [0.1, 0.15) is 28.7 Å². The van der Waals surface area contributed by atoms with Crippen molar-refractivity contribution in [1.82, 2.24) is 0 Å². The summed E-state index contributed by atoms with van der Waals surface area (Å²) < 4.78 is 22.4. The van der Waals surface area contributed by atoms with Crippen LogP contribution in [0.25, 0.3) is 0 Å². The molecule has 5 rings (SSSR count). The molecule has 42 heavy (non-hydrogen) atoms. The molecular formula is C38H38O4. The Morgan fingerprint density at radius 3 is 0.833 bits per heavy atom. The molecular weight excluding hydrogens is 520 g/mol. The van der Waals surface area contributed by atoms with E-state index < -0.39 is 5.41 Å². The maximum Gasteiger partial charge on any atom is 0.127 e. The molecule has 0 amide bonds. The van der Waals surface area contributed by atoms with E-state index >= 15 is 0 Å². The lowest BCUT2D eigenvalue weighted by molar-refractivity contribution is 0.414. The van der Waals surface area contributed by atoms with Gasteiger partial charge in [-0.25, -0.2) is 0 Å². The molecule has 0 unspecified atom stereocenters. The van der Waals surface area contributed by atoms with Gasteiger partial charge in [-0.1, -0.05) is 74.5 Å². The maximum atomic E-state index is 6.27. The summed E-state index contributed by atoms with van der Waals surface area (Å²) in [7, 11) is 5.06. The number of ether oxygens (including phenoxy) is 4. The van der Waals surface area contributed by atoms with E-state index in [9.17, 15) is 0 Å². The predicted molar refractivity (Wildman–Crippen MR) is 170 cm³/mol. The zero-order chi connectivity index (χ0) is 29.7. The molecule has 0 bridgehead atoms. The van der Waals surface area contributed by atoms with Gasteiger partial charge in [0.25, 0.3) is 0 Å². The summed E-state index contributed by atoms with van der Waals surface area (Å²) in [5.41, 5.74) is 5.37. The molecule has 0 saturated heterocycles. The molecule has 0 aliphatic heterocycles. The smallest absolute Gasteiger partial charge is 0.127 e. The summed E-state index contributed by atoms with van der Waals surface area (Å²) in [6.45, 7) is 6.70. The topological polar surface area (TPSA) is 36.9 Å². The zero-order valence-electron chi connectivity index (χ0n) is 25.2. The normalized spacial score (nSPS) is 11.6. The van der Waals surface area contributed by atoms with Crippen LogP contribution in [0, 0.1) is 0 Å². The number of methoxy groups -OCH3 is 3. The number of benzene rings is 5. The Kier molecular flexibility index (Phi) is 8.26. The lowest BCUT2D eigenvalue weighted by Crippen LogP contribution is -2.25. The average molecular weight is 559 g/mol. The van der Waals surface area contributed by atoms with E-state index in [1.165, 1.54) is 11.1 Å². The van der Waals surface area contributed by atoms with Crippen molar-refractivity contribution in [1.29, 1.82) is 0 Å². The second-order valence-corrected chi connectivity index (χ2v) is 11.1. The van der Waals surface area contributed by atoms with Crippen LogP contribution in [0.2, 0.25) is 0 Å². The molecule has 0 saturated carbocycles. The van der Waals surface area contributed by atoms with Gasteiger partial charge >= 0.3 is 0 Å². The van der Waals surface area contributed by atoms with Crippen LogP contribution >= 0.6 is 0 Å². The van der Waals surface area contributed by atoms with Crippen molar-refractivity contribution < 1.29 is 18.9 Å². The third kappa shape index (κ3) is 5.71. The first-order valence-electron chi connectivity index (χ1n) is 14.1. The van der Waals surface area contributed by atoms with E-state index in [4.69, 9.17) is 18.9 Å². The standard InChI is InChI=1S/C38H38O4/c1-37(2,27-7-17-32(39-4)18-8-27)28-9-23-35(24-10-28)42-36-25-15-31(16-26-36)38(3,29-11-19-33(40-5)20-12-29)30-13-21-34(41-6)22-14-30/h7-26H,1-6H3. The summed E-state index contributed by atoms with van der Waals surface area (Å²) in [4.78, 5) is 0. The monoisotopic (exact) mass is 558 g/mol. The van der Waals surface area contributed by atoms with E-state index in [2.05, 4.69) is 81.4 Å². The van der Waals surface area contributed by atoms with Crippen LogP contribution in [0.5, 0.6) is 28.7 Å². The van der Waals surface area contributed by atoms with Crippen LogP contribution < -0.4 is 18.9 Å². The first-order valence-corrected chi connectivity index (χ1v) is 14.1. The Morgan fingerprint density at radius 1 is 0.333 bits per heavy atom. The van der Waals surface area contributed by atoms with E-state index in [0.717, 1.165) is 45.4 Å². The molecule has 0 aliphatic rings. The number of rotatable bonds is 10. The van der Waals surface area contributed by atoms with Gasteiger partial charge in [0, 0.05) is 10.8 Å². The molecule has 0 aliphatic carbocycles. The van der Waals surface area contributed by atoms with Gasteiger partial charge < -0.3 is 18.9 Å². The van der Waals surface area contributed by atoms with Gasteiger partial charge in [-0.05, 0) is 95.4 Å². The Hall–Kier alpha value is -4.70. The third-order valence-electron chi connectivity index (χ3n) is 8.39. The van der Waals surface area contributed by atoms with Crippen molar-refractivity contribution in [3.05, 3.63) is 149 Å². The van der Waals surface area contributed by atoms with Crippen molar-refractivity contribution in [2.75, 3.05) is 21.3 Å². The van der Waals surface area contributed by atoms with Crippen LogP contribution in [0.3, 0.4) is 0 Å². The van der Waals surface area contributed by atoms with Gasteiger partial charge in [0.15, 0.2) is 0 Å². The van der Waals surface area contributed by atoms with Crippen LogP contribution in [-0.4, -0.2) is 21.3 Å². The molecule has 0 aromatic heterocycles. The summed E-state index contributed by atoms with van der Waals surface area (Å²) in [5, 5.41) is 0. The van der Waals surface area contributed by atoms with E-state index in [1.54, 1.807) is 21.3 Å².